The highest BCUT2D eigenvalue weighted by Crippen LogP contribution is 2.27. The highest BCUT2D eigenvalue weighted by molar-refractivity contribution is 7.09. The highest BCUT2D eigenvalue weighted by Gasteiger charge is 2.17. The number of nitrogens with zero attached hydrogens (tertiary/aromatic N) is 2. The molecule has 0 aliphatic heterocycles. The van der Waals surface area contributed by atoms with Crippen molar-refractivity contribution in [3.63, 3.8) is 0 Å². The molecular formula is C15H20N4OS. The lowest BCUT2D eigenvalue weighted by Crippen LogP contribution is -2.23. The molecule has 21 heavy (non-hydrogen) atoms. The maximum atomic E-state index is 12.2. The molecule has 0 radical (unpaired) electrons. The fraction of sp³-hybridized carbons (Fsp3) is 0.333. The summed E-state index contributed by atoms with van der Waals surface area (Å²) in [6, 6.07) is 5.28. The van der Waals surface area contributed by atoms with E-state index >= 15 is 0 Å². The van der Waals surface area contributed by atoms with E-state index in [9.17, 15) is 4.79 Å². The predicted molar refractivity (Wildman–Crippen MR) is 87.8 cm³/mol. The predicted octanol–water partition coefficient (Wildman–Crippen LogP) is 2.91. The van der Waals surface area contributed by atoms with E-state index in [-0.39, 0.29) is 11.9 Å². The van der Waals surface area contributed by atoms with Crippen LogP contribution in [0.1, 0.15) is 34.0 Å². The Morgan fingerprint density at radius 3 is 2.71 bits per heavy atom. The SMILES string of the molecule is Cc1csc(C(C)Nc2cc(N)ccc2C(=O)N(C)C)n1. The second kappa shape index (κ2) is 6.13. The van der Waals surface area contributed by atoms with E-state index in [4.69, 9.17) is 5.73 Å². The van der Waals surface area contributed by atoms with E-state index < -0.39 is 0 Å². The smallest absolute Gasteiger partial charge is 0.255 e. The van der Waals surface area contributed by atoms with Crippen LogP contribution < -0.4 is 11.1 Å². The summed E-state index contributed by atoms with van der Waals surface area (Å²) in [4.78, 5) is 18.2. The summed E-state index contributed by atoms with van der Waals surface area (Å²) in [7, 11) is 3.46. The fourth-order valence-corrected chi connectivity index (χ4v) is 2.78. The number of nitrogen functional groups attached to an aromatic ring is 1. The molecule has 6 heteroatoms. The lowest BCUT2D eigenvalue weighted by Gasteiger charge is -2.18. The maximum Gasteiger partial charge on any atom is 0.255 e. The van der Waals surface area contributed by atoms with Gasteiger partial charge in [-0.25, -0.2) is 4.98 Å². The zero-order valence-corrected chi connectivity index (χ0v) is 13.5. The molecule has 1 unspecified atom stereocenters. The number of anilines is 2. The number of thiazole rings is 1. The topological polar surface area (TPSA) is 71.2 Å². The van der Waals surface area contributed by atoms with Gasteiger partial charge >= 0.3 is 0 Å². The van der Waals surface area contributed by atoms with Crippen LogP contribution in [0.3, 0.4) is 0 Å². The Bertz CT molecular complexity index is 651. The normalized spacial score (nSPS) is 12.0. The van der Waals surface area contributed by atoms with Crippen molar-refractivity contribution in [3.8, 4) is 0 Å². The first kappa shape index (κ1) is 15.3. The number of hydrogen-bond acceptors (Lipinski definition) is 5. The van der Waals surface area contributed by atoms with Crippen LogP contribution in [0.4, 0.5) is 11.4 Å². The van der Waals surface area contributed by atoms with Gasteiger partial charge in [-0.2, -0.15) is 0 Å². The van der Waals surface area contributed by atoms with Gasteiger partial charge in [-0.3, -0.25) is 4.79 Å². The van der Waals surface area contributed by atoms with E-state index in [1.165, 1.54) is 0 Å². The van der Waals surface area contributed by atoms with Gasteiger partial charge in [0.15, 0.2) is 0 Å². The third kappa shape index (κ3) is 3.52. The third-order valence-electron chi connectivity index (χ3n) is 3.06. The van der Waals surface area contributed by atoms with Gasteiger partial charge in [-0.05, 0) is 32.0 Å². The summed E-state index contributed by atoms with van der Waals surface area (Å²) in [5, 5.41) is 6.33. The summed E-state index contributed by atoms with van der Waals surface area (Å²) >= 11 is 1.60. The molecule has 1 heterocycles. The first-order valence-electron chi connectivity index (χ1n) is 6.68. The highest BCUT2D eigenvalue weighted by atomic mass is 32.1. The van der Waals surface area contributed by atoms with Crippen LogP contribution in [0.5, 0.6) is 0 Å². The van der Waals surface area contributed by atoms with E-state index in [0.717, 1.165) is 16.4 Å². The summed E-state index contributed by atoms with van der Waals surface area (Å²) < 4.78 is 0. The number of nitrogens with two attached hydrogens (primary N) is 1. The van der Waals surface area contributed by atoms with Gasteiger partial charge in [0.2, 0.25) is 0 Å². The Kier molecular flexibility index (Phi) is 4.47. The zero-order chi connectivity index (χ0) is 15.6. The maximum absolute atomic E-state index is 12.2. The Labute approximate surface area is 128 Å². The number of rotatable bonds is 4. The van der Waals surface area contributed by atoms with Crippen LogP contribution in [0, 0.1) is 6.92 Å². The Morgan fingerprint density at radius 2 is 2.14 bits per heavy atom. The molecule has 0 aliphatic carbocycles. The molecule has 112 valence electrons. The minimum atomic E-state index is -0.0555. The molecule has 1 amide bonds. The van der Waals surface area contributed by atoms with Gasteiger partial charge in [-0.1, -0.05) is 0 Å². The van der Waals surface area contributed by atoms with Crippen LogP contribution >= 0.6 is 11.3 Å². The number of benzene rings is 1. The lowest BCUT2D eigenvalue weighted by atomic mass is 10.1. The largest absolute Gasteiger partial charge is 0.399 e. The van der Waals surface area contributed by atoms with E-state index in [1.54, 1.807) is 48.5 Å². The van der Waals surface area contributed by atoms with Crippen molar-refractivity contribution >= 4 is 28.6 Å². The molecule has 2 rings (SSSR count). The minimum absolute atomic E-state index is 0.0132. The van der Waals surface area contributed by atoms with Gasteiger partial charge in [-0.15, -0.1) is 11.3 Å². The summed E-state index contributed by atoms with van der Waals surface area (Å²) in [5.41, 5.74) is 8.80. The van der Waals surface area contributed by atoms with Gasteiger partial charge < -0.3 is 16.0 Å². The van der Waals surface area contributed by atoms with Crippen LogP contribution in [-0.4, -0.2) is 29.9 Å². The van der Waals surface area contributed by atoms with Crippen molar-refractivity contribution in [1.29, 1.82) is 0 Å². The van der Waals surface area contributed by atoms with Gasteiger partial charge in [0.25, 0.3) is 5.91 Å². The summed E-state index contributed by atoms with van der Waals surface area (Å²) in [6.45, 7) is 3.99. The van der Waals surface area contributed by atoms with Crippen LogP contribution in [0.15, 0.2) is 23.6 Å². The van der Waals surface area contributed by atoms with Crippen molar-refractivity contribution in [3.05, 3.63) is 39.8 Å². The molecule has 1 aromatic heterocycles. The molecule has 0 fully saturated rings. The summed E-state index contributed by atoms with van der Waals surface area (Å²) in [5.74, 6) is -0.0555. The molecule has 0 aliphatic rings. The summed E-state index contributed by atoms with van der Waals surface area (Å²) in [6.07, 6.45) is 0. The van der Waals surface area contributed by atoms with Crippen molar-refractivity contribution in [2.75, 3.05) is 25.1 Å². The average Bonchev–Trinajstić information content (AvgIpc) is 2.85. The molecular weight excluding hydrogens is 284 g/mol. The number of hydrogen-bond donors (Lipinski definition) is 2. The number of carbonyl (C=O) groups is 1. The monoisotopic (exact) mass is 304 g/mol. The number of amides is 1. The average molecular weight is 304 g/mol. The number of carbonyl (C=O) groups excluding carboxylic acids is 1. The molecule has 0 saturated heterocycles. The van der Waals surface area contributed by atoms with Crippen molar-refractivity contribution in [2.24, 2.45) is 0 Å². The molecule has 0 saturated carbocycles. The first-order chi connectivity index (χ1) is 9.88. The van der Waals surface area contributed by atoms with Crippen molar-refractivity contribution in [1.82, 2.24) is 9.88 Å². The Balaban J connectivity index is 2.30. The van der Waals surface area contributed by atoms with E-state index in [1.807, 2.05) is 19.2 Å². The molecule has 0 bridgehead atoms. The number of aromatic nitrogens is 1. The van der Waals surface area contributed by atoms with Crippen molar-refractivity contribution < 1.29 is 4.79 Å². The first-order valence-corrected chi connectivity index (χ1v) is 7.56. The zero-order valence-electron chi connectivity index (χ0n) is 12.7. The second-order valence-corrected chi connectivity index (χ2v) is 6.09. The number of nitrogens with one attached hydrogen (secondary N) is 1. The van der Waals surface area contributed by atoms with Crippen LogP contribution in [0.25, 0.3) is 0 Å². The van der Waals surface area contributed by atoms with Crippen LogP contribution in [0.2, 0.25) is 0 Å². The quantitative estimate of drug-likeness (QED) is 0.852. The third-order valence-corrected chi connectivity index (χ3v) is 4.20. The Hall–Kier alpha value is -2.08. The van der Waals surface area contributed by atoms with E-state index in [2.05, 4.69) is 10.3 Å². The minimum Gasteiger partial charge on any atom is -0.399 e. The molecule has 1 aromatic carbocycles. The molecule has 2 aromatic rings. The van der Waals surface area contributed by atoms with Gasteiger partial charge in [0.05, 0.1) is 11.6 Å². The molecule has 5 nitrogen and oxygen atoms in total. The fourth-order valence-electron chi connectivity index (χ4n) is 1.97. The van der Waals surface area contributed by atoms with Crippen LogP contribution in [-0.2, 0) is 0 Å². The molecule has 0 spiro atoms. The van der Waals surface area contributed by atoms with Gasteiger partial charge in [0, 0.05) is 36.5 Å². The lowest BCUT2D eigenvalue weighted by molar-refractivity contribution is 0.0828. The second-order valence-electron chi connectivity index (χ2n) is 5.20. The Morgan fingerprint density at radius 1 is 1.43 bits per heavy atom. The van der Waals surface area contributed by atoms with E-state index in [0.29, 0.717) is 11.3 Å². The molecule has 1 atom stereocenters. The van der Waals surface area contributed by atoms with Gasteiger partial charge in [0.1, 0.15) is 5.01 Å². The number of aryl methyl sites for hydroxylation is 1. The molecule has 3 N–H and O–H groups in total. The standard InChI is InChI=1S/C15H20N4OS/c1-9-8-21-14(17-9)10(2)18-13-7-11(16)5-6-12(13)15(20)19(3)4/h5-8,10,18H,16H2,1-4H3. The van der Waals surface area contributed by atoms with Crippen molar-refractivity contribution in [2.45, 2.75) is 19.9 Å².